The van der Waals surface area contributed by atoms with E-state index in [4.69, 9.17) is 4.74 Å². The lowest BCUT2D eigenvalue weighted by Crippen LogP contribution is -2.13. The van der Waals surface area contributed by atoms with Crippen LogP contribution in [0.3, 0.4) is 0 Å². The predicted molar refractivity (Wildman–Crippen MR) is 97.4 cm³/mol. The van der Waals surface area contributed by atoms with E-state index >= 15 is 0 Å². The fourth-order valence-corrected chi connectivity index (χ4v) is 2.85. The lowest BCUT2D eigenvalue weighted by molar-refractivity contribution is 0.0594. The third kappa shape index (κ3) is 3.80. The highest BCUT2D eigenvalue weighted by Gasteiger charge is 2.15. The molecule has 0 saturated heterocycles. The second kappa shape index (κ2) is 7.20. The number of aliphatic hydroxyl groups excluding tert-OH is 1. The number of hydrogen-bond acceptors (Lipinski definition) is 6. The lowest BCUT2D eigenvalue weighted by atomic mass is 10.1. The molecule has 3 aromatic rings. The molecule has 0 bridgehead atoms. The van der Waals surface area contributed by atoms with E-state index in [1.54, 1.807) is 30.2 Å². The van der Waals surface area contributed by atoms with Crippen LogP contribution < -0.4 is 5.32 Å². The minimum Gasteiger partial charge on any atom is -0.464 e. The van der Waals surface area contributed by atoms with Crippen molar-refractivity contribution in [3.8, 4) is 0 Å². The van der Waals surface area contributed by atoms with Crippen LogP contribution in [0.4, 0.5) is 5.69 Å². The number of benzene rings is 1. The fraction of sp³-hybridized carbons (Fsp3) is 0.235. The first-order valence-electron chi connectivity index (χ1n) is 7.57. The molecule has 1 atom stereocenters. The number of ether oxygens (including phenoxy) is 1. The summed E-state index contributed by atoms with van der Waals surface area (Å²) in [5.74, 6) is -0.513. The molecule has 2 aromatic heterocycles. The zero-order chi connectivity index (χ0) is 18.0. The number of pyridine rings is 1. The Kier molecular flexibility index (Phi) is 5.00. The zero-order valence-electron chi connectivity index (χ0n) is 13.7. The van der Waals surface area contributed by atoms with Crippen LogP contribution in [-0.4, -0.2) is 39.5 Å². The molecule has 130 valence electrons. The normalized spacial score (nSPS) is 12.2. The second-order valence-corrected chi connectivity index (χ2v) is 6.47. The molecule has 2 N–H and O–H groups in total. The summed E-state index contributed by atoms with van der Waals surface area (Å²) >= 11 is 3.44. The van der Waals surface area contributed by atoms with Crippen LogP contribution in [0.25, 0.3) is 10.9 Å². The third-order valence-corrected chi connectivity index (χ3v) is 4.25. The van der Waals surface area contributed by atoms with Crippen molar-refractivity contribution in [1.82, 2.24) is 14.8 Å². The summed E-state index contributed by atoms with van der Waals surface area (Å²) in [6, 6.07) is 7.19. The Labute approximate surface area is 152 Å². The standard InChI is InChI=1S/C17H17BrN4O3/c1-22-9-10(7-20-22)16(23)8-19-14-6-15(17(24)25-2)21-13-4-3-11(18)5-12(13)14/h3-7,9,16,23H,8H2,1-2H3,(H,19,21). The first kappa shape index (κ1) is 17.4. The highest BCUT2D eigenvalue weighted by atomic mass is 79.9. The predicted octanol–water partition coefficient (Wildman–Crippen LogP) is 2.66. The number of methoxy groups -OCH3 is 1. The first-order valence-corrected chi connectivity index (χ1v) is 8.36. The topological polar surface area (TPSA) is 89.3 Å². The number of aryl methyl sites for hydroxylation is 1. The van der Waals surface area contributed by atoms with Crippen molar-refractivity contribution in [3.05, 3.63) is 52.4 Å². The van der Waals surface area contributed by atoms with E-state index < -0.39 is 12.1 Å². The number of anilines is 1. The molecule has 7 nitrogen and oxygen atoms in total. The van der Waals surface area contributed by atoms with Gasteiger partial charge in [-0.2, -0.15) is 5.10 Å². The van der Waals surface area contributed by atoms with E-state index in [-0.39, 0.29) is 12.2 Å². The maximum Gasteiger partial charge on any atom is 0.356 e. The summed E-state index contributed by atoms with van der Waals surface area (Å²) in [6.07, 6.45) is 2.65. The number of aromatic nitrogens is 3. The van der Waals surface area contributed by atoms with Gasteiger partial charge in [-0.25, -0.2) is 9.78 Å². The minimum absolute atomic E-state index is 0.204. The Balaban J connectivity index is 1.92. The summed E-state index contributed by atoms with van der Waals surface area (Å²) < 4.78 is 7.29. The van der Waals surface area contributed by atoms with Crippen molar-refractivity contribution < 1.29 is 14.6 Å². The Morgan fingerprint density at radius 3 is 2.92 bits per heavy atom. The summed E-state index contributed by atoms with van der Waals surface area (Å²) in [6.45, 7) is 0.262. The molecule has 1 aromatic carbocycles. The third-order valence-electron chi connectivity index (χ3n) is 3.76. The largest absolute Gasteiger partial charge is 0.464 e. The molecule has 0 aliphatic heterocycles. The van der Waals surface area contributed by atoms with E-state index in [0.717, 1.165) is 9.86 Å². The number of fused-ring (bicyclic) bond motifs is 1. The molecule has 0 aliphatic rings. The number of hydrogen-bond donors (Lipinski definition) is 2. The SMILES string of the molecule is COC(=O)c1cc(NCC(O)c2cnn(C)c2)c2cc(Br)ccc2n1. The number of carbonyl (C=O) groups is 1. The van der Waals surface area contributed by atoms with Crippen molar-refractivity contribution in [1.29, 1.82) is 0 Å². The van der Waals surface area contributed by atoms with Gasteiger partial charge in [-0.3, -0.25) is 4.68 Å². The quantitative estimate of drug-likeness (QED) is 0.635. The molecule has 0 spiro atoms. The Bertz CT molecular complexity index is 925. The van der Waals surface area contributed by atoms with Gasteiger partial charge in [-0.1, -0.05) is 15.9 Å². The number of aliphatic hydroxyl groups is 1. The van der Waals surface area contributed by atoms with Crippen LogP contribution in [0.5, 0.6) is 0 Å². The number of esters is 1. The molecule has 0 saturated carbocycles. The second-order valence-electron chi connectivity index (χ2n) is 5.55. The summed E-state index contributed by atoms with van der Waals surface area (Å²) in [5, 5.41) is 18.4. The van der Waals surface area contributed by atoms with E-state index in [1.165, 1.54) is 7.11 Å². The Morgan fingerprint density at radius 2 is 2.24 bits per heavy atom. The van der Waals surface area contributed by atoms with Gasteiger partial charge in [-0.15, -0.1) is 0 Å². The van der Waals surface area contributed by atoms with Gasteiger partial charge in [0, 0.05) is 40.9 Å². The lowest BCUT2D eigenvalue weighted by Gasteiger charge is -2.14. The van der Waals surface area contributed by atoms with Crippen molar-refractivity contribution in [2.24, 2.45) is 7.05 Å². The van der Waals surface area contributed by atoms with Gasteiger partial charge >= 0.3 is 5.97 Å². The number of nitrogens with one attached hydrogen (secondary N) is 1. The van der Waals surface area contributed by atoms with Gasteiger partial charge in [0.1, 0.15) is 0 Å². The zero-order valence-corrected chi connectivity index (χ0v) is 15.3. The molecule has 3 rings (SSSR count). The highest BCUT2D eigenvalue weighted by molar-refractivity contribution is 9.10. The monoisotopic (exact) mass is 404 g/mol. The summed E-state index contributed by atoms with van der Waals surface area (Å²) in [4.78, 5) is 16.2. The maximum atomic E-state index is 11.9. The van der Waals surface area contributed by atoms with Gasteiger partial charge in [0.25, 0.3) is 0 Å². The van der Waals surface area contributed by atoms with Gasteiger partial charge in [0.2, 0.25) is 0 Å². The van der Waals surface area contributed by atoms with Crippen LogP contribution in [0, 0.1) is 0 Å². The van der Waals surface area contributed by atoms with Gasteiger partial charge < -0.3 is 15.2 Å². The number of halogens is 1. The van der Waals surface area contributed by atoms with Crippen LogP contribution in [0.1, 0.15) is 22.2 Å². The summed E-state index contributed by atoms with van der Waals surface area (Å²) in [5.41, 5.74) is 2.26. The summed E-state index contributed by atoms with van der Waals surface area (Å²) in [7, 11) is 3.11. The average Bonchev–Trinajstić information content (AvgIpc) is 3.05. The maximum absolute atomic E-state index is 11.9. The van der Waals surface area contributed by atoms with Gasteiger partial charge in [0.05, 0.1) is 24.9 Å². The molecule has 2 heterocycles. The molecule has 0 radical (unpaired) electrons. The van der Waals surface area contributed by atoms with E-state index in [9.17, 15) is 9.90 Å². The Hall–Kier alpha value is -2.45. The van der Waals surface area contributed by atoms with E-state index in [2.05, 4.69) is 31.3 Å². The smallest absolute Gasteiger partial charge is 0.356 e. The molecule has 8 heteroatoms. The van der Waals surface area contributed by atoms with Crippen LogP contribution in [-0.2, 0) is 11.8 Å². The van der Waals surface area contributed by atoms with Crippen molar-refractivity contribution in [3.63, 3.8) is 0 Å². The van der Waals surface area contributed by atoms with Crippen molar-refractivity contribution >= 4 is 38.5 Å². The van der Waals surface area contributed by atoms with E-state index in [1.807, 2.05) is 18.2 Å². The van der Waals surface area contributed by atoms with Crippen LogP contribution >= 0.6 is 15.9 Å². The van der Waals surface area contributed by atoms with Gasteiger partial charge in [-0.05, 0) is 24.3 Å². The highest BCUT2D eigenvalue weighted by Crippen LogP contribution is 2.27. The molecule has 1 unspecified atom stereocenters. The molecule has 25 heavy (non-hydrogen) atoms. The molecule has 0 amide bonds. The molecule has 0 aliphatic carbocycles. The van der Waals surface area contributed by atoms with Gasteiger partial charge in [0.15, 0.2) is 5.69 Å². The number of carbonyl (C=O) groups excluding carboxylic acids is 1. The first-order chi connectivity index (χ1) is 12.0. The minimum atomic E-state index is -0.731. The number of rotatable bonds is 5. The van der Waals surface area contributed by atoms with Crippen molar-refractivity contribution in [2.45, 2.75) is 6.10 Å². The fourth-order valence-electron chi connectivity index (χ4n) is 2.49. The Morgan fingerprint density at radius 1 is 1.44 bits per heavy atom. The van der Waals surface area contributed by atoms with Crippen LogP contribution in [0.15, 0.2) is 41.1 Å². The van der Waals surface area contributed by atoms with E-state index in [0.29, 0.717) is 16.8 Å². The molecular weight excluding hydrogens is 388 g/mol. The molecular formula is C17H17BrN4O3. The average molecular weight is 405 g/mol. The number of nitrogens with zero attached hydrogens (tertiary/aromatic N) is 3. The van der Waals surface area contributed by atoms with Crippen molar-refractivity contribution in [2.75, 3.05) is 19.0 Å². The molecule has 0 fully saturated rings. The van der Waals surface area contributed by atoms with Crippen LogP contribution in [0.2, 0.25) is 0 Å².